The number of primary amides is 1. The number of halogens is 3. The minimum Gasteiger partial charge on any atom is -0.444 e. The molecule has 0 bridgehead atoms. The largest absolute Gasteiger partial charge is 0.444 e. The molecular formula is C37H46ClF2N3O4Si. The van der Waals surface area contributed by atoms with Gasteiger partial charge in [0, 0.05) is 48.5 Å². The van der Waals surface area contributed by atoms with Crippen LogP contribution in [0.2, 0.25) is 23.2 Å². The highest BCUT2D eigenvalue weighted by atomic mass is 35.5. The van der Waals surface area contributed by atoms with Crippen molar-refractivity contribution in [2.24, 2.45) is 5.73 Å². The molecule has 2 aliphatic rings. The van der Waals surface area contributed by atoms with Gasteiger partial charge < -0.3 is 24.7 Å². The summed E-state index contributed by atoms with van der Waals surface area (Å²) in [7, 11) is -2.11. The van der Waals surface area contributed by atoms with E-state index in [1.165, 1.54) is 18.2 Å². The second kappa shape index (κ2) is 12.8. The van der Waals surface area contributed by atoms with Gasteiger partial charge >= 0.3 is 6.09 Å². The number of amides is 2. The number of carbonyl (C=O) groups excluding carboxylic acids is 2. The smallest absolute Gasteiger partial charge is 0.410 e. The molecule has 1 unspecified atom stereocenters. The molecule has 2 aliphatic heterocycles. The number of hydrogen-bond acceptors (Lipinski definition) is 5. The van der Waals surface area contributed by atoms with Gasteiger partial charge in [0.15, 0.2) is 8.32 Å². The Morgan fingerprint density at radius 1 is 1.00 bits per heavy atom. The third-order valence-corrected chi connectivity index (χ3v) is 14.9. The van der Waals surface area contributed by atoms with E-state index < -0.39 is 43.1 Å². The highest BCUT2D eigenvalue weighted by Gasteiger charge is 2.51. The van der Waals surface area contributed by atoms with Gasteiger partial charge in [0.1, 0.15) is 17.2 Å². The molecule has 3 aromatic rings. The van der Waals surface area contributed by atoms with E-state index in [-0.39, 0.29) is 52.7 Å². The summed E-state index contributed by atoms with van der Waals surface area (Å²) in [5, 5.41) is -0.320. The number of piperazine rings is 1. The molecule has 2 heterocycles. The van der Waals surface area contributed by atoms with Gasteiger partial charge in [0.05, 0.1) is 17.1 Å². The maximum atomic E-state index is 16.8. The van der Waals surface area contributed by atoms with Crippen molar-refractivity contribution in [3.63, 3.8) is 0 Å². The molecule has 0 aromatic heterocycles. The van der Waals surface area contributed by atoms with E-state index in [9.17, 15) is 9.59 Å². The third kappa shape index (κ3) is 6.59. The summed E-state index contributed by atoms with van der Waals surface area (Å²) in [6.45, 7) is 17.3. The van der Waals surface area contributed by atoms with E-state index in [1.54, 1.807) is 4.90 Å². The molecule has 0 aliphatic carbocycles. The predicted molar refractivity (Wildman–Crippen MR) is 189 cm³/mol. The van der Waals surface area contributed by atoms with E-state index in [0.29, 0.717) is 29.9 Å². The highest BCUT2D eigenvalue weighted by molar-refractivity contribution is 6.74. The molecule has 0 spiro atoms. The lowest BCUT2D eigenvalue weighted by Gasteiger charge is -2.48. The van der Waals surface area contributed by atoms with Crippen molar-refractivity contribution in [3.8, 4) is 11.1 Å². The fraction of sp³-hybridized carbons (Fsp3) is 0.459. The number of nitrogens with zero attached hydrogens (tertiary/aromatic N) is 2. The molecule has 0 saturated carbocycles. The minimum atomic E-state index is -2.11. The lowest BCUT2D eigenvalue weighted by Crippen LogP contribution is -2.60. The first kappa shape index (κ1) is 35.8. The zero-order valence-corrected chi connectivity index (χ0v) is 30.9. The Morgan fingerprint density at radius 2 is 1.67 bits per heavy atom. The Hall–Kier alpha value is -3.47. The summed E-state index contributed by atoms with van der Waals surface area (Å²) in [5.41, 5.74) is 6.46. The maximum absolute atomic E-state index is 16.8. The molecule has 5 rings (SSSR count). The normalized spacial score (nSPS) is 18.1. The monoisotopic (exact) mass is 697 g/mol. The van der Waals surface area contributed by atoms with Crippen LogP contribution < -0.4 is 10.6 Å². The lowest BCUT2D eigenvalue weighted by atomic mass is 9.82. The summed E-state index contributed by atoms with van der Waals surface area (Å²) >= 11 is 6.75. The van der Waals surface area contributed by atoms with E-state index in [2.05, 4.69) is 38.8 Å². The Balaban J connectivity index is 1.64. The zero-order valence-electron chi connectivity index (χ0n) is 29.1. The van der Waals surface area contributed by atoms with E-state index in [4.69, 9.17) is 26.5 Å². The van der Waals surface area contributed by atoms with Crippen LogP contribution in [0.15, 0.2) is 48.5 Å². The van der Waals surface area contributed by atoms with Crippen LogP contribution >= 0.6 is 11.6 Å². The number of hydrogen-bond donors (Lipinski definition) is 1. The van der Waals surface area contributed by atoms with Crippen molar-refractivity contribution in [1.82, 2.24) is 4.90 Å². The van der Waals surface area contributed by atoms with Crippen molar-refractivity contribution in [3.05, 3.63) is 87.4 Å². The molecule has 48 heavy (non-hydrogen) atoms. The Bertz CT molecular complexity index is 1740. The first-order valence-electron chi connectivity index (χ1n) is 16.3. The fourth-order valence-electron chi connectivity index (χ4n) is 6.52. The van der Waals surface area contributed by atoms with Crippen LogP contribution in [-0.2, 0) is 27.5 Å². The number of ether oxygens (including phenoxy) is 1. The van der Waals surface area contributed by atoms with Crippen LogP contribution in [0, 0.1) is 11.6 Å². The van der Waals surface area contributed by atoms with Crippen LogP contribution in [-0.4, -0.2) is 57.1 Å². The number of nitrogens with two attached hydrogens (primary N) is 1. The minimum absolute atomic E-state index is 0.0257. The quantitative estimate of drug-likeness (QED) is 0.251. The lowest BCUT2D eigenvalue weighted by molar-refractivity contribution is 0.0164. The van der Waals surface area contributed by atoms with E-state index in [1.807, 2.05) is 51.1 Å². The van der Waals surface area contributed by atoms with Crippen molar-refractivity contribution in [2.75, 3.05) is 31.1 Å². The molecular weight excluding hydrogens is 652 g/mol. The summed E-state index contributed by atoms with van der Waals surface area (Å²) in [4.78, 5) is 29.9. The van der Waals surface area contributed by atoms with Gasteiger partial charge in [-0.2, -0.15) is 0 Å². The molecule has 2 N–H and O–H groups in total. The Labute approximate surface area is 288 Å². The summed E-state index contributed by atoms with van der Waals surface area (Å²) in [6, 6.07) is 14.0. The van der Waals surface area contributed by atoms with Crippen LogP contribution in [0.4, 0.5) is 19.3 Å². The molecule has 1 fully saturated rings. The molecule has 2 amide bonds. The second-order valence-corrected chi connectivity index (χ2v) is 20.5. The number of fused-ring (bicyclic) bond motifs is 3. The molecule has 1 saturated heterocycles. The van der Waals surface area contributed by atoms with E-state index in [0.717, 1.165) is 5.56 Å². The number of benzene rings is 3. The highest BCUT2D eigenvalue weighted by Crippen LogP contribution is 2.53. The van der Waals surface area contributed by atoms with Gasteiger partial charge in [-0.1, -0.05) is 68.8 Å². The molecule has 7 nitrogen and oxygen atoms in total. The molecule has 258 valence electrons. The molecule has 1 atom stereocenters. The number of rotatable bonds is 7. The van der Waals surface area contributed by atoms with Crippen LogP contribution in [0.25, 0.3) is 11.1 Å². The predicted octanol–water partition coefficient (Wildman–Crippen LogP) is 8.46. The summed E-state index contributed by atoms with van der Waals surface area (Å²) in [6.07, 6.45) is 0.0504. The maximum Gasteiger partial charge on any atom is 0.410 e. The molecule has 0 radical (unpaired) electrons. The summed E-state index contributed by atoms with van der Waals surface area (Å²) < 4.78 is 44.8. The number of carbonyl (C=O) groups is 2. The van der Waals surface area contributed by atoms with Crippen LogP contribution in [0.3, 0.4) is 0 Å². The van der Waals surface area contributed by atoms with Gasteiger partial charge in [-0.15, -0.1) is 0 Å². The number of anilines is 1. The average molecular weight is 698 g/mol. The average Bonchev–Trinajstić information content (AvgIpc) is 3.32. The molecule has 3 aromatic carbocycles. The Morgan fingerprint density at radius 3 is 2.27 bits per heavy atom. The van der Waals surface area contributed by atoms with Gasteiger partial charge in [0.2, 0.25) is 5.91 Å². The van der Waals surface area contributed by atoms with Gasteiger partial charge in [0.25, 0.3) is 0 Å². The summed E-state index contributed by atoms with van der Waals surface area (Å²) in [5.74, 6) is -2.29. The van der Waals surface area contributed by atoms with Crippen molar-refractivity contribution in [1.29, 1.82) is 0 Å². The first-order valence-corrected chi connectivity index (χ1v) is 19.6. The third-order valence-electron chi connectivity index (χ3n) is 9.97. The van der Waals surface area contributed by atoms with Crippen LogP contribution in [0.5, 0.6) is 0 Å². The van der Waals surface area contributed by atoms with Crippen LogP contribution in [0.1, 0.15) is 68.6 Å². The topological polar surface area (TPSA) is 85.1 Å². The van der Waals surface area contributed by atoms with Crippen molar-refractivity contribution in [2.45, 2.75) is 83.7 Å². The van der Waals surface area contributed by atoms with Gasteiger partial charge in [-0.3, -0.25) is 4.79 Å². The standard InChI is InChI=1S/C37H46ClF2N3O4Si/c1-35(2,3)47-34(45)42-17-18-43-28-20-27(39)31(38)29(26(28)21-37(43,22-42)24-12-10-9-11-13-24)30-25(33(41)44)15-14-23(32(30)40)16-19-46-48(7,8)36(4,5)6/h9-15,20H,16-19,21-22H2,1-8H3,(H2,41,44). The Kier molecular flexibility index (Phi) is 9.53. The van der Waals surface area contributed by atoms with Crippen molar-refractivity contribution >= 4 is 37.6 Å². The van der Waals surface area contributed by atoms with Gasteiger partial charge in [-0.05, 0) is 74.1 Å². The fourth-order valence-corrected chi connectivity index (χ4v) is 7.82. The van der Waals surface area contributed by atoms with E-state index >= 15 is 8.78 Å². The SMILES string of the molecule is CC(C)(C)OC(=O)N1CCN2c3cc(F)c(Cl)c(-c4c(C(N)=O)ccc(CCO[Si](C)(C)C(C)(C)C)c4F)c3CC2(c2ccccc2)C1. The zero-order chi connectivity index (χ0) is 35.4. The second-order valence-electron chi connectivity index (χ2n) is 15.4. The molecule has 11 heteroatoms. The van der Waals surface area contributed by atoms with Gasteiger partial charge in [-0.25, -0.2) is 13.6 Å². The van der Waals surface area contributed by atoms with Crippen molar-refractivity contribution < 1.29 is 27.5 Å². The first-order chi connectivity index (χ1) is 22.3.